The Morgan fingerprint density at radius 3 is 2.72 bits per heavy atom. The standard InChI is InChI=1S/C13H22N4O/c1-4-14-11-6-7-12(16-10-11)13(18)15-8-5-9-17(2)3/h6-7,10,14H,4-5,8-9H2,1-3H3,(H,15,18). The van der Waals surface area contributed by atoms with Gasteiger partial charge in [-0.25, -0.2) is 4.98 Å². The van der Waals surface area contributed by atoms with Gasteiger partial charge in [0, 0.05) is 13.1 Å². The summed E-state index contributed by atoms with van der Waals surface area (Å²) in [4.78, 5) is 18.0. The molecule has 5 nitrogen and oxygen atoms in total. The molecule has 0 fully saturated rings. The molecule has 100 valence electrons. The molecule has 0 spiro atoms. The zero-order valence-corrected chi connectivity index (χ0v) is 11.4. The van der Waals surface area contributed by atoms with Crippen molar-refractivity contribution in [3.63, 3.8) is 0 Å². The molecule has 1 rings (SSSR count). The van der Waals surface area contributed by atoms with E-state index in [9.17, 15) is 4.79 Å². The number of anilines is 1. The van der Waals surface area contributed by atoms with Gasteiger partial charge in [-0.2, -0.15) is 0 Å². The van der Waals surface area contributed by atoms with E-state index in [2.05, 4.69) is 20.5 Å². The molecule has 2 N–H and O–H groups in total. The third-order valence-corrected chi connectivity index (χ3v) is 2.44. The number of pyridine rings is 1. The summed E-state index contributed by atoms with van der Waals surface area (Å²) >= 11 is 0. The zero-order chi connectivity index (χ0) is 13.4. The Kier molecular flexibility index (Phi) is 6.14. The van der Waals surface area contributed by atoms with E-state index in [0.29, 0.717) is 12.2 Å². The molecule has 0 aliphatic carbocycles. The van der Waals surface area contributed by atoms with Gasteiger partial charge in [-0.1, -0.05) is 0 Å². The minimum Gasteiger partial charge on any atom is -0.384 e. The van der Waals surface area contributed by atoms with Gasteiger partial charge in [0.05, 0.1) is 11.9 Å². The van der Waals surface area contributed by atoms with Crippen LogP contribution in [-0.4, -0.2) is 49.5 Å². The lowest BCUT2D eigenvalue weighted by molar-refractivity contribution is 0.0947. The smallest absolute Gasteiger partial charge is 0.269 e. The van der Waals surface area contributed by atoms with Crippen LogP contribution >= 0.6 is 0 Å². The number of carbonyl (C=O) groups is 1. The maximum absolute atomic E-state index is 11.8. The molecule has 5 heteroatoms. The number of amides is 1. The van der Waals surface area contributed by atoms with Gasteiger partial charge in [-0.05, 0) is 46.1 Å². The number of nitrogens with zero attached hydrogens (tertiary/aromatic N) is 2. The van der Waals surface area contributed by atoms with Crippen LogP contribution < -0.4 is 10.6 Å². The SMILES string of the molecule is CCNc1ccc(C(=O)NCCCN(C)C)nc1. The molecule has 0 unspecified atom stereocenters. The summed E-state index contributed by atoms with van der Waals surface area (Å²) in [6, 6.07) is 3.60. The summed E-state index contributed by atoms with van der Waals surface area (Å²) in [7, 11) is 4.03. The third kappa shape index (κ3) is 5.14. The molecule has 0 radical (unpaired) electrons. The summed E-state index contributed by atoms with van der Waals surface area (Å²) in [5, 5.41) is 6.00. The van der Waals surface area contributed by atoms with Crippen LogP contribution in [0.25, 0.3) is 0 Å². The first-order chi connectivity index (χ1) is 8.63. The van der Waals surface area contributed by atoms with Crippen molar-refractivity contribution >= 4 is 11.6 Å². The third-order valence-electron chi connectivity index (χ3n) is 2.44. The van der Waals surface area contributed by atoms with Gasteiger partial charge < -0.3 is 15.5 Å². The second-order valence-corrected chi connectivity index (χ2v) is 4.38. The number of rotatable bonds is 7. The van der Waals surface area contributed by atoms with Gasteiger partial charge in [0.25, 0.3) is 5.91 Å². The molecule has 0 saturated carbocycles. The predicted octanol–water partition coefficient (Wildman–Crippen LogP) is 1.19. The van der Waals surface area contributed by atoms with Crippen LogP contribution in [0.15, 0.2) is 18.3 Å². The highest BCUT2D eigenvalue weighted by atomic mass is 16.1. The fourth-order valence-corrected chi connectivity index (χ4v) is 1.52. The fraction of sp³-hybridized carbons (Fsp3) is 0.538. The van der Waals surface area contributed by atoms with E-state index < -0.39 is 0 Å². The Morgan fingerprint density at radius 2 is 2.17 bits per heavy atom. The minimum atomic E-state index is -0.114. The van der Waals surface area contributed by atoms with Crippen LogP contribution in [0.5, 0.6) is 0 Å². The molecule has 0 aliphatic heterocycles. The monoisotopic (exact) mass is 250 g/mol. The second-order valence-electron chi connectivity index (χ2n) is 4.38. The molecule has 0 saturated heterocycles. The number of hydrogen-bond acceptors (Lipinski definition) is 4. The van der Waals surface area contributed by atoms with Crippen molar-refractivity contribution in [2.24, 2.45) is 0 Å². The average Bonchev–Trinajstić information content (AvgIpc) is 2.35. The molecule has 1 heterocycles. The molecule has 1 aromatic rings. The van der Waals surface area contributed by atoms with Crippen LogP contribution in [0.2, 0.25) is 0 Å². The summed E-state index contributed by atoms with van der Waals surface area (Å²) in [5.74, 6) is -0.114. The highest BCUT2D eigenvalue weighted by Gasteiger charge is 2.05. The Hall–Kier alpha value is -1.62. The average molecular weight is 250 g/mol. The lowest BCUT2D eigenvalue weighted by atomic mass is 10.3. The van der Waals surface area contributed by atoms with Crippen LogP contribution in [0.3, 0.4) is 0 Å². The van der Waals surface area contributed by atoms with Gasteiger partial charge in [-0.15, -0.1) is 0 Å². The van der Waals surface area contributed by atoms with Crippen molar-refractivity contribution in [1.29, 1.82) is 0 Å². The summed E-state index contributed by atoms with van der Waals surface area (Å²) < 4.78 is 0. The van der Waals surface area contributed by atoms with E-state index >= 15 is 0 Å². The predicted molar refractivity (Wildman–Crippen MR) is 73.9 cm³/mol. The van der Waals surface area contributed by atoms with Crippen LogP contribution in [-0.2, 0) is 0 Å². The van der Waals surface area contributed by atoms with E-state index in [4.69, 9.17) is 0 Å². The van der Waals surface area contributed by atoms with Crippen LogP contribution in [0.1, 0.15) is 23.8 Å². The van der Waals surface area contributed by atoms with E-state index in [0.717, 1.165) is 25.2 Å². The first-order valence-corrected chi connectivity index (χ1v) is 6.26. The van der Waals surface area contributed by atoms with E-state index in [1.54, 1.807) is 12.3 Å². The van der Waals surface area contributed by atoms with Gasteiger partial charge in [-0.3, -0.25) is 4.79 Å². The maximum atomic E-state index is 11.8. The van der Waals surface area contributed by atoms with Gasteiger partial charge >= 0.3 is 0 Å². The normalized spacial score (nSPS) is 10.4. The number of nitrogens with one attached hydrogen (secondary N) is 2. The van der Waals surface area contributed by atoms with Crippen molar-refractivity contribution < 1.29 is 4.79 Å². The summed E-state index contributed by atoms with van der Waals surface area (Å²) in [6.07, 6.45) is 2.62. The maximum Gasteiger partial charge on any atom is 0.269 e. The summed E-state index contributed by atoms with van der Waals surface area (Å²) in [5.41, 5.74) is 1.39. The zero-order valence-electron chi connectivity index (χ0n) is 11.4. The fourth-order valence-electron chi connectivity index (χ4n) is 1.52. The van der Waals surface area contributed by atoms with Gasteiger partial charge in [0.1, 0.15) is 5.69 Å². The molecule has 18 heavy (non-hydrogen) atoms. The minimum absolute atomic E-state index is 0.114. The van der Waals surface area contributed by atoms with Crippen molar-refractivity contribution in [3.8, 4) is 0 Å². The molecule has 0 aromatic carbocycles. The number of carbonyl (C=O) groups excluding carboxylic acids is 1. The second kappa shape index (κ2) is 7.66. The van der Waals surface area contributed by atoms with Gasteiger partial charge in [0.2, 0.25) is 0 Å². The largest absolute Gasteiger partial charge is 0.384 e. The highest BCUT2D eigenvalue weighted by Crippen LogP contribution is 2.05. The van der Waals surface area contributed by atoms with Crippen molar-refractivity contribution in [1.82, 2.24) is 15.2 Å². The van der Waals surface area contributed by atoms with Crippen LogP contribution in [0, 0.1) is 0 Å². The van der Waals surface area contributed by atoms with Gasteiger partial charge in [0.15, 0.2) is 0 Å². The van der Waals surface area contributed by atoms with E-state index in [1.165, 1.54) is 0 Å². The van der Waals surface area contributed by atoms with Crippen molar-refractivity contribution in [2.45, 2.75) is 13.3 Å². The lowest BCUT2D eigenvalue weighted by Crippen LogP contribution is -2.27. The molecular formula is C13H22N4O. The van der Waals surface area contributed by atoms with E-state index in [-0.39, 0.29) is 5.91 Å². The molecule has 0 atom stereocenters. The molecule has 1 amide bonds. The molecule has 1 aromatic heterocycles. The molecule has 0 aliphatic rings. The highest BCUT2D eigenvalue weighted by molar-refractivity contribution is 5.92. The topological polar surface area (TPSA) is 57.3 Å². The Bertz CT molecular complexity index is 362. The Morgan fingerprint density at radius 1 is 1.39 bits per heavy atom. The van der Waals surface area contributed by atoms with Crippen molar-refractivity contribution in [2.75, 3.05) is 39.0 Å². The first-order valence-electron chi connectivity index (χ1n) is 6.26. The Balaban J connectivity index is 2.37. The van der Waals surface area contributed by atoms with Crippen LogP contribution in [0.4, 0.5) is 5.69 Å². The quantitative estimate of drug-likeness (QED) is 0.714. The summed E-state index contributed by atoms with van der Waals surface area (Å²) in [6.45, 7) is 4.50. The number of aromatic nitrogens is 1. The number of hydrogen-bond donors (Lipinski definition) is 2. The van der Waals surface area contributed by atoms with Crippen molar-refractivity contribution in [3.05, 3.63) is 24.0 Å². The molecular weight excluding hydrogens is 228 g/mol. The first kappa shape index (κ1) is 14.4. The van der Waals surface area contributed by atoms with E-state index in [1.807, 2.05) is 27.1 Å². The Labute approximate surface area is 109 Å². The molecule has 0 bridgehead atoms. The lowest BCUT2D eigenvalue weighted by Gasteiger charge is -2.09.